The second-order valence-electron chi connectivity index (χ2n) is 11.5. The summed E-state index contributed by atoms with van der Waals surface area (Å²) in [6.45, 7) is 4.48. The standard InChI is InChI=1S/C27H33N9O5/c1-25(2)8-11-41-19-15(4-3-5-16(19)25)22(38)33-18-13-36-24(29)32-17(12-31-21(37)14-6-9-30-10-7-14)20-26(36,27(18,39)40)35-23(28)34-20/h3-7,9-10,17-18,20,39-40H,8,11-13H2,1-2H3,(H2,29,32)(H,31,37)(H,33,38)(H3,28,34,35)/t17-,18-,20-,26-/m0/s1. The van der Waals surface area contributed by atoms with Gasteiger partial charge in [0.15, 0.2) is 17.6 Å². The van der Waals surface area contributed by atoms with Crippen molar-refractivity contribution in [3.63, 3.8) is 0 Å². The van der Waals surface area contributed by atoms with Crippen molar-refractivity contribution < 1.29 is 24.5 Å². The number of rotatable bonds is 5. The molecule has 4 aliphatic heterocycles. The maximum atomic E-state index is 13.6. The van der Waals surface area contributed by atoms with Crippen molar-refractivity contribution in [3.8, 4) is 5.75 Å². The molecule has 216 valence electrons. The quantitative estimate of drug-likeness (QED) is 0.198. The molecule has 2 aromatic rings. The normalized spacial score (nSPS) is 28.6. The molecular formula is C27H33N9O5. The molecule has 14 heteroatoms. The Morgan fingerprint density at radius 2 is 1.90 bits per heavy atom. The molecule has 41 heavy (non-hydrogen) atoms. The summed E-state index contributed by atoms with van der Waals surface area (Å²) >= 11 is 0. The molecule has 0 saturated carbocycles. The van der Waals surface area contributed by atoms with Crippen LogP contribution in [0.15, 0.2) is 42.7 Å². The van der Waals surface area contributed by atoms with Crippen LogP contribution >= 0.6 is 0 Å². The van der Waals surface area contributed by atoms with Gasteiger partial charge in [-0.3, -0.25) is 25.4 Å². The fourth-order valence-electron chi connectivity index (χ4n) is 6.34. The summed E-state index contributed by atoms with van der Waals surface area (Å²) in [6.07, 6.45) is 3.79. The minimum absolute atomic E-state index is 0.00212. The average molecular weight is 564 g/mol. The number of benzene rings is 1. The van der Waals surface area contributed by atoms with Crippen LogP contribution in [-0.4, -0.2) is 93.1 Å². The number of para-hydroxylation sites is 1. The van der Waals surface area contributed by atoms with Crippen molar-refractivity contribution in [2.24, 2.45) is 0 Å². The Morgan fingerprint density at radius 1 is 1.15 bits per heavy atom. The number of carbonyl (C=O) groups is 2. The number of aromatic nitrogens is 1. The molecule has 0 unspecified atom stereocenters. The third-order valence-electron chi connectivity index (χ3n) is 8.59. The fourth-order valence-corrected chi connectivity index (χ4v) is 6.34. The Bertz CT molecular complexity index is 1430. The maximum absolute atomic E-state index is 13.6. The van der Waals surface area contributed by atoms with E-state index in [9.17, 15) is 19.8 Å². The Kier molecular flexibility index (Phi) is 6.08. The van der Waals surface area contributed by atoms with Crippen molar-refractivity contribution in [1.29, 1.82) is 10.8 Å². The molecule has 6 rings (SSSR count). The zero-order valence-electron chi connectivity index (χ0n) is 22.6. The predicted octanol–water partition coefficient (Wildman–Crippen LogP) is -1.23. The van der Waals surface area contributed by atoms with Gasteiger partial charge in [-0.05, 0) is 30.0 Å². The molecule has 1 aromatic heterocycles. The summed E-state index contributed by atoms with van der Waals surface area (Å²) in [5.74, 6) is -3.43. The van der Waals surface area contributed by atoms with Gasteiger partial charge in [0.2, 0.25) is 5.79 Å². The molecule has 1 spiro atoms. The van der Waals surface area contributed by atoms with Crippen LogP contribution in [0.4, 0.5) is 0 Å². The third kappa shape index (κ3) is 4.04. The Balaban J connectivity index is 1.26. The topological polar surface area (TPSA) is 208 Å². The van der Waals surface area contributed by atoms with Crippen LogP contribution in [0.25, 0.3) is 0 Å². The summed E-state index contributed by atoms with van der Waals surface area (Å²) in [5.41, 5.74) is -0.406. The van der Waals surface area contributed by atoms with E-state index in [0.717, 1.165) is 12.0 Å². The van der Waals surface area contributed by atoms with Crippen molar-refractivity contribution in [1.82, 2.24) is 36.5 Å². The smallest absolute Gasteiger partial charge is 0.255 e. The summed E-state index contributed by atoms with van der Waals surface area (Å²) in [7, 11) is 0. The first-order chi connectivity index (χ1) is 19.5. The zero-order chi connectivity index (χ0) is 29.2. The second kappa shape index (κ2) is 9.31. The van der Waals surface area contributed by atoms with Gasteiger partial charge in [-0.2, -0.15) is 0 Å². The molecule has 0 aliphatic carbocycles. The van der Waals surface area contributed by atoms with E-state index in [2.05, 4.69) is 45.4 Å². The van der Waals surface area contributed by atoms with E-state index >= 15 is 0 Å². The van der Waals surface area contributed by atoms with Crippen LogP contribution < -0.4 is 31.3 Å². The van der Waals surface area contributed by atoms with Crippen molar-refractivity contribution in [2.45, 2.75) is 55.3 Å². The van der Waals surface area contributed by atoms with E-state index in [4.69, 9.17) is 15.6 Å². The summed E-state index contributed by atoms with van der Waals surface area (Å²) < 4.78 is 5.88. The zero-order valence-corrected chi connectivity index (χ0v) is 22.6. The predicted molar refractivity (Wildman–Crippen MR) is 146 cm³/mol. The monoisotopic (exact) mass is 563 g/mol. The van der Waals surface area contributed by atoms with Crippen molar-refractivity contribution >= 4 is 23.7 Å². The second-order valence-corrected chi connectivity index (χ2v) is 11.5. The number of hydrogen-bond donors (Lipinski definition) is 9. The fraction of sp³-hybridized carbons (Fsp3) is 0.444. The number of aliphatic hydroxyl groups is 2. The number of fused-ring (bicyclic) bond motifs is 1. The van der Waals surface area contributed by atoms with Gasteiger partial charge in [0.25, 0.3) is 11.8 Å². The first-order valence-electron chi connectivity index (χ1n) is 13.4. The lowest BCUT2D eigenvalue weighted by Crippen LogP contribution is -2.81. The number of hydrogen-bond acceptors (Lipinski definition) is 8. The Labute approximate surface area is 235 Å². The molecule has 9 N–H and O–H groups in total. The minimum Gasteiger partial charge on any atom is -0.492 e. The number of pyridine rings is 1. The van der Waals surface area contributed by atoms with Crippen molar-refractivity contribution in [3.05, 3.63) is 59.4 Å². The van der Waals surface area contributed by atoms with Gasteiger partial charge in [-0.15, -0.1) is 0 Å². The molecule has 3 saturated heterocycles. The van der Waals surface area contributed by atoms with E-state index in [0.29, 0.717) is 17.9 Å². The number of guanidine groups is 2. The van der Waals surface area contributed by atoms with Crippen LogP contribution in [0.2, 0.25) is 0 Å². The molecule has 3 fully saturated rings. The molecular weight excluding hydrogens is 530 g/mol. The van der Waals surface area contributed by atoms with Crippen LogP contribution in [0.1, 0.15) is 46.5 Å². The third-order valence-corrected chi connectivity index (χ3v) is 8.59. The van der Waals surface area contributed by atoms with Gasteiger partial charge in [-0.1, -0.05) is 26.0 Å². The van der Waals surface area contributed by atoms with E-state index in [1.807, 2.05) is 6.07 Å². The van der Waals surface area contributed by atoms with Crippen LogP contribution in [0.3, 0.4) is 0 Å². The van der Waals surface area contributed by atoms with Gasteiger partial charge in [0, 0.05) is 36.6 Å². The first kappa shape index (κ1) is 26.8. The van der Waals surface area contributed by atoms with E-state index < -0.39 is 35.5 Å². The van der Waals surface area contributed by atoms with Gasteiger partial charge in [0.1, 0.15) is 11.8 Å². The highest BCUT2D eigenvalue weighted by molar-refractivity contribution is 5.98. The maximum Gasteiger partial charge on any atom is 0.255 e. The van der Waals surface area contributed by atoms with Crippen LogP contribution in [-0.2, 0) is 5.41 Å². The van der Waals surface area contributed by atoms with Crippen molar-refractivity contribution in [2.75, 3.05) is 19.7 Å². The molecule has 0 bridgehead atoms. The van der Waals surface area contributed by atoms with Gasteiger partial charge in [0.05, 0.1) is 24.3 Å². The number of nitrogens with zero attached hydrogens (tertiary/aromatic N) is 2. The highest BCUT2D eigenvalue weighted by atomic mass is 16.5. The summed E-state index contributed by atoms with van der Waals surface area (Å²) in [4.78, 5) is 31.5. The molecule has 5 heterocycles. The average Bonchev–Trinajstić information content (AvgIpc) is 3.41. The SMILES string of the molecule is CC1(C)CCOc2c(C(=O)N[C@H]3CN4C(=N)N[C@@H](CNC(=O)c5ccncc5)[C@@H]5NC(=N)N[C@@]54C3(O)O)cccc21. The number of nitrogens with one attached hydrogen (secondary N) is 7. The number of ether oxygens (including phenoxy) is 1. The van der Waals surface area contributed by atoms with Gasteiger partial charge >= 0.3 is 0 Å². The molecule has 4 atom stereocenters. The van der Waals surface area contributed by atoms with E-state index in [-0.39, 0.29) is 41.9 Å². The highest BCUT2D eigenvalue weighted by Crippen LogP contribution is 2.44. The Hall–Kier alpha value is -4.43. The van der Waals surface area contributed by atoms with E-state index in [1.54, 1.807) is 24.3 Å². The molecule has 0 radical (unpaired) electrons. The number of carbonyl (C=O) groups excluding carboxylic acids is 2. The van der Waals surface area contributed by atoms with E-state index in [1.165, 1.54) is 17.3 Å². The lowest BCUT2D eigenvalue weighted by Gasteiger charge is -2.51. The van der Waals surface area contributed by atoms with Gasteiger partial charge in [-0.25, -0.2) is 0 Å². The molecule has 14 nitrogen and oxygen atoms in total. The molecule has 1 aromatic carbocycles. The van der Waals surface area contributed by atoms with Gasteiger partial charge < -0.3 is 46.4 Å². The Morgan fingerprint density at radius 3 is 2.66 bits per heavy atom. The summed E-state index contributed by atoms with van der Waals surface area (Å²) in [5, 5.41) is 54.6. The van der Waals surface area contributed by atoms with Crippen LogP contribution in [0, 0.1) is 10.8 Å². The lowest BCUT2D eigenvalue weighted by molar-refractivity contribution is -0.232. The largest absolute Gasteiger partial charge is 0.492 e. The first-order valence-corrected chi connectivity index (χ1v) is 13.4. The molecule has 4 aliphatic rings. The van der Waals surface area contributed by atoms with Crippen LogP contribution in [0.5, 0.6) is 5.75 Å². The minimum atomic E-state index is -2.64. The lowest BCUT2D eigenvalue weighted by atomic mass is 9.79. The molecule has 2 amide bonds. The highest BCUT2D eigenvalue weighted by Gasteiger charge is 2.74. The number of amides is 2. The summed E-state index contributed by atoms with van der Waals surface area (Å²) in [6, 6.07) is 5.60.